The first kappa shape index (κ1) is 20.2. The Bertz CT molecular complexity index is 1270. The molecule has 0 atom stereocenters. The maximum atomic E-state index is 12.9. The van der Waals surface area contributed by atoms with Crippen LogP contribution in [0.3, 0.4) is 0 Å². The van der Waals surface area contributed by atoms with Gasteiger partial charge in [0, 0.05) is 17.0 Å². The van der Waals surface area contributed by atoms with Gasteiger partial charge < -0.3 is 4.42 Å². The molecule has 4 rings (SSSR count). The van der Waals surface area contributed by atoms with Crippen LogP contribution in [0.2, 0.25) is 5.02 Å². The van der Waals surface area contributed by atoms with E-state index in [1.54, 1.807) is 24.3 Å². The summed E-state index contributed by atoms with van der Waals surface area (Å²) in [5.74, 6) is 0.853. The topological polar surface area (TPSA) is 72.2 Å². The van der Waals surface area contributed by atoms with Gasteiger partial charge in [-0.25, -0.2) is 8.42 Å². The van der Waals surface area contributed by atoms with Gasteiger partial charge in [-0.05, 0) is 36.2 Å². The van der Waals surface area contributed by atoms with Gasteiger partial charge in [-0.1, -0.05) is 72.3 Å². The fourth-order valence-electron chi connectivity index (χ4n) is 3.00. The molecule has 0 radical (unpaired) electrons. The van der Waals surface area contributed by atoms with Gasteiger partial charge in [0.2, 0.25) is 5.89 Å². The van der Waals surface area contributed by atoms with E-state index in [0.29, 0.717) is 28.7 Å². The van der Waals surface area contributed by atoms with Crippen molar-refractivity contribution in [1.82, 2.24) is 4.98 Å². The number of halogens is 1. The highest BCUT2D eigenvalue weighted by atomic mass is 35.5. The minimum Gasteiger partial charge on any atom is -0.438 e. The average molecular weight is 439 g/mol. The third-order valence-electron chi connectivity index (χ3n) is 4.59. The van der Waals surface area contributed by atoms with E-state index in [1.165, 1.54) is 12.1 Å². The molecule has 1 heterocycles. The Morgan fingerprint density at radius 2 is 1.63 bits per heavy atom. The number of nitrogens with one attached hydrogen (secondary N) is 1. The van der Waals surface area contributed by atoms with Gasteiger partial charge in [0.15, 0.2) is 11.6 Å². The van der Waals surface area contributed by atoms with Crippen LogP contribution in [0.15, 0.2) is 88.2 Å². The summed E-state index contributed by atoms with van der Waals surface area (Å²) in [5.41, 5.74) is 2.56. The molecule has 1 N–H and O–H groups in total. The molecule has 152 valence electrons. The molecule has 7 heteroatoms. The van der Waals surface area contributed by atoms with Gasteiger partial charge >= 0.3 is 0 Å². The second-order valence-electron chi connectivity index (χ2n) is 6.83. The minimum atomic E-state index is -3.83. The van der Waals surface area contributed by atoms with E-state index in [4.69, 9.17) is 16.0 Å². The van der Waals surface area contributed by atoms with Gasteiger partial charge in [0.25, 0.3) is 10.0 Å². The Kier molecular flexibility index (Phi) is 5.61. The lowest BCUT2D eigenvalue weighted by Gasteiger charge is -2.07. The summed E-state index contributed by atoms with van der Waals surface area (Å²) in [6, 6.07) is 23.3. The molecule has 0 unspecified atom stereocenters. The average Bonchev–Trinajstić information content (AvgIpc) is 3.13. The maximum absolute atomic E-state index is 12.9. The van der Waals surface area contributed by atoms with Crippen LogP contribution < -0.4 is 4.72 Å². The Morgan fingerprint density at radius 1 is 0.967 bits per heavy atom. The van der Waals surface area contributed by atoms with Crippen molar-refractivity contribution in [1.29, 1.82) is 0 Å². The lowest BCUT2D eigenvalue weighted by atomic mass is 10.1. The number of sulfonamides is 1. The summed E-state index contributed by atoms with van der Waals surface area (Å²) in [6.07, 6.45) is 0.431. The van der Waals surface area contributed by atoms with Crippen LogP contribution in [0.25, 0.3) is 11.3 Å². The number of aryl methyl sites for hydroxylation is 1. The highest BCUT2D eigenvalue weighted by Crippen LogP contribution is 2.33. The Labute approximate surface area is 180 Å². The Balaban J connectivity index is 1.76. The fourth-order valence-corrected chi connectivity index (χ4v) is 4.20. The summed E-state index contributed by atoms with van der Waals surface area (Å²) in [5, 5.41) is 0.561. The third-order valence-corrected chi connectivity index (χ3v) is 6.35. The first-order valence-electron chi connectivity index (χ1n) is 9.30. The van der Waals surface area contributed by atoms with Crippen LogP contribution in [-0.4, -0.2) is 13.4 Å². The van der Waals surface area contributed by atoms with Gasteiger partial charge in [-0.3, -0.25) is 4.72 Å². The normalized spacial score (nSPS) is 11.4. The molecule has 4 aromatic rings. The van der Waals surface area contributed by atoms with Crippen molar-refractivity contribution in [2.75, 3.05) is 4.72 Å². The van der Waals surface area contributed by atoms with E-state index in [9.17, 15) is 8.42 Å². The smallest absolute Gasteiger partial charge is 0.263 e. The quantitative estimate of drug-likeness (QED) is 0.419. The van der Waals surface area contributed by atoms with Crippen LogP contribution in [-0.2, 0) is 16.4 Å². The van der Waals surface area contributed by atoms with E-state index < -0.39 is 10.0 Å². The standard InChI is InChI=1S/C23H19ClN2O3S/c1-16-12-13-18(15-20(16)24)22-23(26-30(27,28)19-10-6-3-7-11-19)25-21(29-22)14-17-8-4-2-5-9-17/h2-13,15,26H,14H2,1H3. The SMILES string of the molecule is Cc1ccc(-c2oc(Cc3ccccc3)nc2NS(=O)(=O)c2ccccc2)cc1Cl. The molecule has 0 bridgehead atoms. The fraction of sp³-hybridized carbons (Fsp3) is 0.0870. The van der Waals surface area contributed by atoms with E-state index in [-0.39, 0.29) is 10.7 Å². The Morgan fingerprint density at radius 3 is 2.30 bits per heavy atom. The number of hydrogen-bond acceptors (Lipinski definition) is 4. The lowest BCUT2D eigenvalue weighted by molar-refractivity contribution is 0.519. The number of nitrogens with zero attached hydrogens (tertiary/aromatic N) is 1. The molecule has 5 nitrogen and oxygen atoms in total. The number of hydrogen-bond donors (Lipinski definition) is 1. The number of benzene rings is 3. The van der Waals surface area contributed by atoms with Gasteiger partial charge in [-0.15, -0.1) is 0 Å². The minimum absolute atomic E-state index is 0.129. The van der Waals surface area contributed by atoms with E-state index in [2.05, 4.69) is 9.71 Å². The van der Waals surface area contributed by atoms with E-state index >= 15 is 0 Å². The molecular weight excluding hydrogens is 420 g/mol. The second-order valence-corrected chi connectivity index (χ2v) is 8.92. The molecule has 0 fully saturated rings. The predicted molar refractivity (Wildman–Crippen MR) is 118 cm³/mol. The molecule has 0 amide bonds. The molecule has 30 heavy (non-hydrogen) atoms. The highest BCUT2D eigenvalue weighted by Gasteiger charge is 2.22. The third kappa shape index (κ3) is 4.40. The molecule has 0 aliphatic heterocycles. The number of rotatable bonds is 6. The summed E-state index contributed by atoms with van der Waals surface area (Å²) in [7, 11) is -3.83. The van der Waals surface area contributed by atoms with Gasteiger partial charge in [0.1, 0.15) is 0 Å². The van der Waals surface area contributed by atoms with Crippen LogP contribution in [0.5, 0.6) is 0 Å². The number of aromatic nitrogens is 1. The van der Waals surface area contributed by atoms with Crippen LogP contribution in [0.1, 0.15) is 17.0 Å². The van der Waals surface area contributed by atoms with E-state index in [1.807, 2.05) is 49.4 Å². The zero-order valence-electron chi connectivity index (χ0n) is 16.2. The molecule has 0 saturated heterocycles. The maximum Gasteiger partial charge on any atom is 0.263 e. The summed E-state index contributed by atoms with van der Waals surface area (Å²) in [6.45, 7) is 1.90. The van der Waals surface area contributed by atoms with Crippen molar-refractivity contribution in [2.24, 2.45) is 0 Å². The Hall–Kier alpha value is -3.09. The van der Waals surface area contributed by atoms with Crippen molar-refractivity contribution in [3.8, 4) is 11.3 Å². The van der Waals surface area contributed by atoms with Crippen molar-refractivity contribution in [3.05, 3.63) is 101 Å². The van der Waals surface area contributed by atoms with Crippen molar-refractivity contribution in [3.63, 3.8) is 0 Å². The van der Waals surface area contributed by atoms with Crippen LogP contribution >= 0.6 is 11.6 Å². The number of anilines is 1. The highest BCUT2D eigenvalue weighted by molar-refractivity contribution is 7.92. The monoisotopic (exact) mass is 438 g/mol. The summed E-state index contributed by atoms with van der Waals surface area (Å²) >= 11 is 6.28. The molecule has 3 aromatic carbocycles. The van der Waals surface area contributed by atoms with Gasteiger partial charge in [0.05, 0.1) is 4.90 Å². The molecule has 1 aromatic heterocycles. The lowest BCUT2D eigenvalue weighted by Crippen LogP contribution is -2.13. The van der Waals surface area contributed by atoms with E-state index in [0.717, 1.165) is 11.1 Å². The zero-order valence-corrected chi connectivity index (χ0v) is 17.7. The first-order chi connectivity index (χ1) is 14.4. The largest absolute Gasteiger partial charge is 0.438 e. The summed E-state index contributed by atoms with van der Waals surface area (Å²) in [4.78, 5) is 4.59. The molecule has 0 aliphatic rings. The summed E-state index contributed by atoms with van der Waals surface area (Å²) < 4.78 is 34.3. The van der Waals surface area contributed by atoms with Crippen molar-refractivity contribution in [2.45, 2.75) is 18.2 Å². The van der Waals surface area contributed by atoms with Gasteiger partial charge in [-0.2, -0.15) is 4.98 Å². The van der Waals surface area contributed by atoms with Crippen LogP contribution in [0, 0.1) is 6.92 Å². The predicted octanol–water partition coefficient (Wildman–Crippen LogP) is 5.70. The molecule has 0 spiro atoms. The number of oxazole rings is 1. The first-order valence-corrected chi connectivity index (χ1v) is 11.2. The molecular formula is C23H19ClN2O3S. The van der Waals surface area contributed by atoms with Crippen LogP contribution in [0.4, 0.5) is 5.82 Å². The second kappa shape index (κ2) is 8.34. The molecule has 0 aliphatic carbocycles. The zero-order chi connectivity index (χ0) is 21.1. The molecule has 0 saturated carbocycles. The van der Waals surface area contributed by atoms with Crippen molar-refractivity contribution >= 4 is 27.4 Å². The van der Waals surface area contributed by atoms with Crippen molar-refractivity contribution < 1.29 is 12.8 Å².